The molecule has 72 valence electrons. The Bertz CT molecular complexity index is 423. The second-order valence-corrected chi connectivity index (χ2v) is 2.67. The largest absolute Gasteiger partial charge is 0.505 e. The van der Waals surface area contributed by atoms with Crippen LogP contribution >= 0.6 is 0 Å². The normalized spacial score (nSPS) is 10.4. The van der Waals surface area contributed by atoms with Gasteiger partial charge < -0.3 is 10.2 Å². The third kappa shape index (κ3) is 1.55. The van der Waals surface area contributed by atoms with Crippen molar-refractivity contribution in [2.75, 3.05) is 0 Å². The Morgan fingerprint density at radius 2 is 1.93 bits per heavy atom. The molecule has 0 radical (unpaired) electrons. The van der Waals surface area contributed by atoms with Crippen LogP contribution in [0.15, 0.2) is 24.9 Å². The second-order valence-electron chi connectivity index (χ2n) is 2.67. The molecule has 0 saturated carbocycles. The number of nitrogens with zero attached hydrogens (tertiary/aromatic N) is 4. The first-order valence-corrected chi connectivity index (χ1v) is 3.94. The van der Waals surface area contributed by atoms with E-state index in [1.807, 2.05) is 0 Å². The Labute approximate surface area is 79.5 Å². The molecule has 0 amide bonds. The van der Waals surface area contributed by atoms with Gasteiger partial charge in [-0.05, 0) is 0 Å². The van der Waals surface area contributed by atoms with E-state index in [9.17, 15) is 0 Å². The molecule has 2 rings (SSSR count). The molecule has 6 heteroatoms. The fourth-order valence-electron chi connectivity index (χ4n) is 1.00. The highest BCUT2D eigenvalue weighted by Gasteiger charge is 2.01. The predicted octanol–water partition coefficient (Wildman–Crippen LogP) is -0.140. The summed E-state index contributed by atoms with van der Waals surface area (Å²) in [7, 11) is 0. The minimum Gasteiger partial charge on any atom is -0.505 e. The molecule has 0 spiro atoms. The summed E-state index contributed by atoms with van der Waals surface area (Å²) in [4.78, 5) is 11.7. The maximum Gasteiger partial charge on any atom is 0.235 e. The highest BCUT2D eigenvalue weighted by atomic mass is 16.3. The van der Waals surface area contributed by atoms with Crippen LogP contribution in [0.3, 0.4) is 0 Å². The average Bonchev–Trinajstić information content (AvgIpc) is 2.67. The minimum atomic E-state index is -0.120. The van der Waals surface area contributed by atoms with Crippen LogP contribution in [0.1, 0.15) is 5.69 Å². The topological polar surface area (TPSA) is 84.1 Å². The van der Waals surface area contributed by atoms with E-state index in [2.05, 4.69) is 15.0 Å². The van der Waals surface area contributed by atoms with Crippen molar-refractivity contribution in [3.8, 4) is 11.7 Å². The van der Waals surface area contributed by atoms with Crippen molar-refractivity contribution in [3.05, 3.63) is 30.6 Å². The zero-order valence-corrected chi connectivity index (χ0v) is 7.20. The van der Waals surface area contributed by atoms with Crippen molar-refractivity contribution in [2.24, 2.45) is 0 Å². The van der Waals surface area contributed by atoms with Crippen LogP contribution in [0, 0.1) is 0 Å². The summed E-state index contributed by atoms with van der Waals surface area (Å²) >= 11 is 0. The lowest BCUT2D eigenvalue weighted by atomic mass is 10.5. The van der Waals surface area contributed by atoms with Crippen molar-refractivity contribution in [3.63, 3.8) is 0 Å². The van der Waals surface area contributed by atoms with Crippen LogP contribution in [0.5, 0.6) is 5.75 Å². The average molecular weight is 192 g/mol. The van der Waals surface area contributed by atoms with Crippen LogP contribution in [-0.2, 0) is 6.61 Å². The van der Waals surface area contributed by atoms with Crippen LogP contribution in [-0.4, -0.2) is 29.7 Å². The molecular weight excluding hydrogens is 184 g/mol. The molecule has 2 aromatic rings. The SMILES string of the molecule is OCc1cn(-c2ncc(O)cn2)cn1. The fourth-order valence-corrected chi connectivity index (χ4v) is 1.00. The molecule has 0 aliphatic carbocycles. The maximum absolute atomic E-state index is 8.97. The number of aliphatic hydroxyl groups excluding tert-OH is 1. The Kier molecular flexibility index (Phi) is 2.11. The van der Waals surface area contributed by atoms with Gasteiger partial charge in [-0.3, -0.25) is 4.57 Å². The number of imidazole rings is 1. The third-order valence-corrected chi connectivity index (χ3v) is 1.65. The lowest BCUT2D eigenvalue weighted by Crippen LogP contribution is -1.96. The van der Waals surface area contributed by atoms with Crippen molar-refractivity contribution in [1.82, 2.24) is 19.5 Å². The molecule has 0 aliphatic heterocycles. The molecule has 0 fully saturated rings. The summed E-state index contributed by atoms with van der Waals surface area (Å²) in [6.07, 6.45) is 5.70. The molecule has 0 saturated heterocycles. The van der Waals surface area contributed by atoms with E-state index >= 15 is 0 Å². The third-order valence-electron chi connectivity index (χ3n) is 1.65. The van der Waals surface area contributed by atoms with Crippen LogP contribution in [0.25, 0.3) is 5.95 Å². The van der Waals surface area contributed by atoms with Crippen LogP contribution in [0.4, 0.5) is 0 Å². The molecule has 2 aromatic heterocycles. The summed E-state index contributed by atoms with van der Waals surface area (Å²) in [6.45, 7) is -0.120. The van der Waals surface area contributed by atoms with Crippen molar-refractivity contribution < 1.29 is 10.2 Å². The van der Waals surface area contributed by atoms with Crippen molar-refractivity contribution in [2.45, 2.75) is 6.61 Å². The Morgan fingerprint density at radius 3 is 2.50 bits per heavy atom. The van der Waals surface area contributed by atoms with Crippen LogP contribution < -0.4 is 0 Å². The van der Waals surface area contributed by atoms with Gasteiger partial charge in [-0.2, -0.15) is 0 Å². The fraction of sp³-hybridized carbons (Fsp3) is 0.125. The van der Waals surface area contributed by atoms with Crippen LogP contribution in [0.2, 0.25) is 0 Å². The van der Waals surface area contributed by atoms with Gasteiger partial charge in [0.1, 0.15) is 6.33 Å². The van der Waals surface area contributed by atoms with Gasteiger partial charge in [0.15, 0.2) is 5.75 Å². The zero-order chi connectivity index (χ0) is 9.97. The number of rotatable bonds is 2. The quantitative estimate of drug-likeness (QED) is 0.691. The molecule has 0 bridgehead atoms. The predicted molar refractivity (Wildman–Crippen MR) is 46.7 cm³/mol. The number of hydrogen-bond donors (Lipinski definition) is 2. The first kappa shape index (κ1) is 8.64. The van der Waals surface area contributed by atoms with E-state index in [0.717, 1.165) is 0 Å². The molecule has 2 N–H and O–H groups in total. The van der Waals surface area contributed by atoms with E-state index < -0.39 is 0 Å². The van der Waals surface area contributed by atoms with E-state index in [0.29, 0.717) is 11.6 Å². The number of hydrogen-bond acceptors (Lipinski definition) is 5. The highest BCUT2D eigenvalue weighted by Crippen LogP contribution is 2.06. The molecule has 0 aromatic carbocycles. The van der Waals surface area contributed by atoms with Gasteiger partial charge in [-0.1, -0.05) is 0 Å². The molecule has 0 atom stereocenters. The highest BCUT2D eigenvalue weighted by molar-refractivity contribution is 5.18. The van der Waals surface area contributed by atoms with Crippen molar-refractivity contribution in [1.29, 1.82) is 0 Å². The first-order chi connectivity index (χ1) is 6.79. The van der Waals surface area contributed by atoms with Gasteiger partial charge in [0, 0.05) is 6.20 Å². The van der Waals surface area contributed by atoms with E-state index in [4.69, 9.17) is 10.2 Å². The van der Waals surface area contributed by atoms with Crippen molar-refractivity contribution >= 4 is 0 Å². The van der Waals surface area contributed by atoms with Gasteiger partial charge in [-0.25, -0.2) is 15.0 Å². The van der Waals surface area contributed by atoms with Gasteiger partial charge >= 0.3 is 0 Å². The summed E-state index contributed by atoms with van der Waals surface area (Å²) < 4.78 is 1.56. The van der Waals surface area contributed by atoms with Gasteiger partial charge in [0.25, 0.3) is 0 Å². The van der Waals surface area contributed by atoms with Gasteiger partial charge in [0.05, 0.1) is 24.7 Å². The zero-order valence-electron chi connectivity index (χ0n) is 7.20. The number of aromatic nitrogens is 4. The molecule has 0 aliphatic rings. The first-order valence-electron chi connectivity index (χ1n) is 3.94. The summed E-state index contributed by atoms with van der Waals surface area (Å²) in [6, 6.07) is 0. The lowest BCUT2D eigenvalue weighted by Gasteiger charge is -1.97. The van der Waals surface area contributed by atoms with E-state index in [1.165, 1.54) is 18.7 Å². The van der Waals surface area contributed by atoms with E-state index in [1.54, 1.807) is 10.8 Å². The Balaban J connectivity index is 2.34. The molecule has 2 heterocycles. The standard InChI is InChI=1S/C8H8N4O2/c13-4-6-3-12(5-11-6)8-9-1-7(14)2-10-8/h1-3,5,13-14H,4H2. The molecule has 6 nitrogen and oxygen atoms in total. The van der Waals surface area contributed by atoms with Gasteiger partial charge in [-0.15, -0.1) is 0 Å². The Hall–Kier alpha value is -1.95. The van der Waals surface area contributed by atoms with Gasteiger partial charge in [0.2, 0.25) is 5.95 Å². The Morgan fingerprint density at radius 1 is 1.21 bits per heavy atom. The maximum atomic E-state index is 8.97. The monoisotopic (exact) mass is 192 g/mol. The summed E-state index contributed by atoms with van der Waals surface area (Å²) in [5.74, 6) is 0.409. The smallest absolute Gasteiger partial charge is 0.235 e. The molecule has 14 heavy (non-hydrogen) atoms. The number of aromatic hydroxyl groups is 1. The summed E-state index contributed by atoms with van der Waals surface area (Å²) in [5.41, 5.74) is 0.543. The minimum absolute atomic E-state index is 0.0104. The second kappa shape index (κ2) is 3.43. The lowest BCUT2D eigenvalue weighted by molar-refractivity contribution is 0.277. The van der Waals surface area contributed by atoms with E-state index in [-0.39, 0.29) is 12.4 Å². The molecular formula is C8H8N4O2. The summed E-state index contributed by atoms with van der Waals surface area (Å²) in [5, 5.41) is 17.8. The number of aliphatic hydroxyl groups is 1. The molecule has 0 unspecified atom stereocenters.